The largest absolute Gasteiger partial charge is 0.0917 e. The van der Waals surface area contributed by atoms with Crippen LogP contribution in [0.5, 0.6) is 0 Å². The van der Waals surface area contributed by atoms with Crippen molar-refractivity contribution in [3.63, 3.8) is 0 Å². The summed E-state index contributed by atoms with van der Waals surface area (Å²) in [5, 5.41) is 0. The second-order valence-corrected chi connectivity index (χ2v) is 11.7. The molecular formula is C18H28Si. The van der Waals surface area contributed by atoms with Crippen molar-refractivity contribution in [1.29, 1.82) is 0 Å². The van der Waals surface area contributed by atoms with Crippen LogP contribution in [-0.2, 0) is 6.04 Å². The summed E-state index contributed by atoms with van der Waals surface area (Å²) in [6.07, 6.45) is 10.7. The average Bonchev–Trinajstić information content (AvgIpc) is 2.90. The van der Waals surface area contributed by atoms with Crippen LogP contribution in [0.25, 0.3) is 0 Å². The van der Waals surface area contributed by atoms with Crippen LogP contribution in [0, 0.1) is 5.92 Å². The lowest BCUT2D eigenvalue weighted by Crippen LogP contribution is -2.38. The van der Waals surface area contributed by atoms with E-state index in [1.807, 2.05) is 0 Å². The number of rotatable bonds is 5. The van der Waals surface area contributed by atoms with Crippen molar-refractivity contribution in [3.8, 4) is 0 Å². The van der Waals surface area contributed by atoms with E-state index in [1.54, 1.807) is 0 Å². The zero-order valence-corrected chi connectivity index (χ0v) is 13.7. The Morgan fingerprint density at radius 1 is 1.16 bits per heavy atom. The maximum absolute atomic E-state index is 2.59. The molecule has 1 heteroatoms. The van der Waals surface area contributed by atoms with Crippen LogP contribution in [0.3, 0.4) is 0 Å². The van der Waals surface area contributed by atoms with Gasteiger partial charge in [0.1, 0.15) is 0 Å². The SMILES string of the molecule is C/C=C/[C@@H](C1CCCC1)[Si](C)(C)Cc1ccccc1. The molecule has 1 aliphatic rings. The average molecular weight is 273 g/mol. The molecule has 0 aliphatic heterocycles. The molecule has 19 heavy (non-hydrogen) atoms. The smallest absolute Gasteiger partial charge is 0.0590 e. The summed E-state index contributed by atoms with van der Waals surface area (Å²) in [6.45, 7) is 7.36. The van der Waals surface area contributed by atoms with Crippen LogP contribution < -0.4 is 0 Å². The third-order valence-electron chi connectivity index (χ3n) is 4.71. The fourth-order valence-electron chi connectivity index (χ4n) is 3.82. The van der Waals surface area contributed by atoms with Crippen molar-refractivity contribution in [2.75, 3.05) is 0 Å². The van der Waals surface area contributed by atoms with E-state index in [4.69, 9.17) is 0 Å². The standard InChI is InChI=1S/C18H28Si/c1-4-10-18(17-13-8-9-14-17)19(2,3)15-16-11-6-5-7-12-16/h4-7,10-12,17-18H,8-9,13-15H2,1-3H3/b10-4+/t18-/m0/s1. The Kier molecular flexibility index (Phi) is 5.03. The molecule has 2 rings (SSSR count). The normalized spacial score (nSPS) is 19.1. The molecule has 0 radical (unpaired) electrons. The highest BCUT2D eigenvalue weighted by atomic mass is 28.3. The minimum absolute atomic E-state index is 0.861. The summed E-state index contributed by atoms with van der Waals surface area (Å²) < 4.78 is 0. The van der Waals surface area contributed by atoms with E-state index in [0.29, 0.717) is 0 Å². The molecule has 1 saturated carbocycles. The minimum Gasteiger partial charge on any atom is -0.0917 e. The summed E-state index contributed by atoms with van der Waals surface area (Å²) >= 11 is 0. The molecule has 104 valence electrons. The van der Waals surface area contributed by atoms with Gasteiger partial charge in [-0.1, -0.05) is 86.8 Å². The first-order valence-electron chi connectivity index (χ1n) is 7.80. The predicted octanol–water partition coefficient (Wildman–Crippen LogP) is 5.61. The molecule has 0 N–H and O–H groups in total. The molecule has 1 atom stereocenters. The van der Waals surface area contributed by atoms with Gasteiger partial charge in [0, 0.05) is 0 Å². The van der Waals surface area contributed by atoms with E-state index >= 15 is 0 Å². The van der Waals surface area contributed by atoms with E-state index in [2.05, 4.69) is 62.5 Å². The quantitative estimate of drug-likeness (QED) is 0.482. The molecule has 0 saturated heterocycles. The fraction of sp³-hybridized carbons (Fsp3) is 0.556. The summed E-state index contributed by atoms with van der Waals surface area (Å²) in [5.74, 6) is 0.960. The zero-order chi connectivity index (χ0) is 13.7. The summed E-state index contributed by atoms with van der Waals surface area (Å²) in [5.41, 5.74) is 2.40. The van der Waals surface area contributed by atoms with Gasteiger partial charge in [-0.05, 0) is 24.4 Å². The van der Waals surface area contributed by atoms with Crippen molar-refractivity contribution in [2.24, 2.45) is 5.92 Å². The predicted molar refractivity (Wildman–Crippen MR) is 88.2 cm³/mol. The maximum atomic E-state index is 2.59. The third-order valence-corrected chi connectivity index (χ3v) is 8.50. The van der Waals surface area contributed by atoms with Crippen molar-refractivity contribution in [2.45, 2.75) is 57.3 Å². The van der Waals surface area contributed by atoms with E-state index in [0.717, 1.165) is 11.5 Å². The summed E-state index contributed by atoms with van der Waals surface area (Å²) in [6, 6.07) is 12.4. The van der Waals surface area contributed by atoms with E-state index < -0.39 is 8.07 Å². The molecule has 1 aliphatic carbocycles. The molecular weight excluding hydrogens is 244 g/mol. The lowest BCUT2D eigenvalue weighted by Gasteiger charge is -2.35. The molecule has 1 fully saturated rings. The molecule has 0 unspecified atom stereocenters. The Morgan fingerprint density at radius 3 is 2.37 bits per heavy atom. The monoisotopic (exact) mass is 272 g/mol. The Labute approximate surface area is 119 Å². The van der Waals surface area contributed by atoms with Gasteiger partial charge >= 0.3 is 0 Å². The van der Waals surface area contributed by atoms with Crippen LogP contribution in [0.2, 0.25) is 18.6 Å². The highest BCUT2D eigenvalue weighted by Crippen LogP contribution is 2.42. The molecule has 1 aromatic rings. The van der Waals surface area contributed by atoms with Gasteiger partial charge in [-0.25, -0.2) is 0 Å². The first kappa shape index (κ1) is 14.6. The molecule has 0 heterocycles. The van der Waals surface area contributed by atoms with Gasteiger partial charge in [0.15, 0.2) is 0 Å². The Bertz CT molecular complexity index is 399. The van der Waals surface area contributed by atoms with E-state index in [1.165, 1.54) is 37.3 Å². The summed E-state index contributed by atoms with van der Waals surface area (Å²) in [4.78, 5) is 0. The molecule has 0 bridgehead atoms. The lowest BCUT2D eigenvalue weighted by atomic mass is 10.0. The highest BCUT2D eigenvalue weighted by molar-refractivity contribution is 6.78. The maximum Gasteiger partial charge on any atom is 0.0590 e. The minimum atomic E-state index is -1.25. The highest BCUT2D eigenvalue weighted by Gasteiger charge is 2.36. The molecule has 1 aromatic carbocycles. The van der Waals surface area contributed by atoms with Crippen molar-refractivity contribution in [1.82, 2.24) is 0 Å². The zero-order valence-electron chi connectivity index (χ0n) is 12.7. The fourth-order valence-corrected chi connectivity index (χ4v) is 7.67. The number of allylic oxidation sites excluding steroid dienone is 2. The van der Waals surface area contributed by atoms with Gasteiger partial charge in [0.25, 0.3) is 0 Å². The van der Waals surface area contributed by atoms with E-state index in [9.17, 15) is 0 Å². The number of hydrogen-bond donors (Lipinski definition) is 0. The van der Waals surface area contributed by atoms with Crippen LogP contribution >= 0.6 is 0 Å². The van der Waals surface area contributed by atoms with Crippen LogP contribution in [0.15, 0.2) is 42.5 Å². The first-order chi connectivity index (χ1) is 9.13. The Morgan fingerprint density at radius 2 is 1.79 bits per heavy atom. The Balaban J connectivity index is 2.14. The Hall–Kier alpha value is -0.823. The first-order valence-corrected chi connectivity index (χ1v) is 11.1. The number of hydrogen-bond acceptors (Lipinski definition) is 0. The van der Waals surface area contributed by atoms with Crippen molar-refractivity contribution in [3.05, 3.63) is 48.0 Å². The van der Waals surface area contributed by atoms with Crippen molar-refractivity contribution >= 4 is 8.07 Å². The van der Waals surface area contributed by atoms with Gasteiger partial charge in [-0.2, -0.15) is 0 Å². The second-order valence-electron chi connectivity index (χ2n) is 6.75. The van der Waals surface area contributed by atoms with Gasteiger partial charge in [-0.15, -0.1) is 0 Å². The molecule has 0 spiro atoms. The third kappa shape index (κ3) is 3.82. The van der Waals surface area contributed by atoms with Crippen LogP contribution in [-0.4, -0.2) is 8.07 Å². The number of benzene rings is 1. The molecule has 0 amide bonds. The van der Waals surface area contributed by atoms with Crippen molar-refractivity contribution < 1.29 is 0 Å². The van der Waals surface area contributed by atoms with E-state index in [-0.39, 0.29) is 0 Å². The van der Waals surface area contributed by atoms with Gasteiger partial charge in [0.2, 0.25) is 0 Å². The molecule has 0 nitrogen and oxygen atoms in total. The lowest BCUT2D eigenvalue weighted by molar-refractivity contribution is 0.542. The van der Waals surface area contributed by atoms with Crippen LogP contribution in [0.1, 0.15) is 38.2 Å². The molecule has 0 aromatic heterocycles. The van der Waals surface area contributed by atoms with Crippen LogP contribution in [0.4, 0.5) is 0 Å². The van der Waals surface area contributed by atoms with Gasteiger partial charge in [0.05, 0.1) is 8.07 Å². The van der Waals surface area contributed by atoms with Gasteiger partial charge < -0.3 is 0 Å². The topological polar surface area (TPSA) is 0 Å². The second kappa shape index (κ2) is 6.56. The summed E-state index contributed by atoms with van der Waals surface area (Å²) in [7, 11) is -1.25. The van der Waals surface area contributed by atoms with Gasteiger partial charge in [-0.3, -0.25) is 0 Å².